The number of hydrogen-bond donors (Lipinski definition) is 0. The molecule has 2 aromatic rings. The summed E-state index contributed by atoms with van der Waals surface area (Å²) in [5, 5.41) is 0. The number of benzene rings is 2. The van der Waals surface area contributed by atoms with E-state index in [1.54, 1.807) is 12.1 Å². The molecule has 100 valence electrons. The number of esters is 2. The van der Waals surface area contributed by atoms with Crippen molar-refractivity contribution in [3.8, 4) is 11.1 Å². The van der Waals surface area contributed by atoms with Gasteiger partial charge in [0.1, 0.15) is 0 Å². The van der Waals surface area contributed by atoms with Gasteiger partial charge in [-0.1, -0.05) is 42.5 Å². The lowest BCUT2D eigenvalue weighted by molar-refractivity contribution is -0.150. The van der Waals surface area contributed by atoms with Gasteiger partial charge in [-0.3, -0.25) is 0 Å². The minimum Gasteiger partial charge on any atom is -0.466 e. The van der Waals surface area contributed by atoms with E-state index in [0.717, 1.165) is 11.1 Å². The Bertz CT molecular complexity index is 676. The van der Waals surface area contributed by atoms with E-state index in [4.69, 9.17) is 4.74 Å². The van der Waals surface area contributed by atoms with Crippen LogP contribution in [0.25, 0.3) is 11.1 Å². The van der Waals surface area contributed by atoms with Crippen molar-refractivity contribution >= 4 is 11.9 Å². The van der Waals surface area contributed by atoms with Crippen molar-refractivity contribution in [2.45, 2.75) is 6.10 Å². The molecular formula is C16H12O4. The zero-order valence-corrected chi connectivity index (χ0v) is 10.8. The molecule has 1 heterocycles. The smallest absolute Gasteiger partial charge is 0.352 e. The molecule has 0 aliphatic carbocycles. The summed E-state index contributed by atoms with van der Waals surface area (Å²) in [6.07, 6.45) is -0.952. The molecule has 1 aliphatic heterocycles. The molecule has 20 heavy (non-hydrogen) atoms. The summed E-state index contributed by atoms with van der Waals surface area (Å²) in [5.74, 6) is -1.06. The third-order valence-electron chi connectivity index (χ3n) is 3.30. The molecule has 4 nitrogen and oxygen atoms in total. The Morgan fingerprint density at radius 2 is 1.85 bits per heavy atom. The van der Waals surface area contributed by atoms with Gasteiger partial charge in [-0.25, -0.2) is 9.59 Å². The molecule has 1 aliphatic rings. The molecule has 0 saturated carbocycles. The topological polar surface area (TPSA) is 52.6 Å². The highest BCUT2D eigenvalue weighted by Crippen LogP contribution is 2.34. The van der Waals surface area contributed by atoms with E-state index in [2.05, 4.69) is 4.74 Å². The maximum absolute atomic E-state index is 11.8. The van der Waals surface area contributed by atoms with Gasteiger partial charge in [0.2, 0.25) is 6.10 Å². The Balaban J connectivity index is 2.04. The molecule has 0 fully saturated rings. The molecule has 4 heteroatoms. The molecule has 0 amide bonds. The first-order valence-electron chi connectivity index (χ1n) is 6.19. The molecule has 0 bridgehead atoms. The number of methoxy groups -OCH3 is 1. The number of rotatable bonds is 2. The minimum absolute atomic E-state index is 0.418. The van der Waals surface area contributed by atoms with Crippen LogP contribution in [-0.4, -0.2) is 19.0 Å². The van der Waals surface area contributed by atoms with Gasteiger partial charge >= 0.3 is 11.9 Å². The Hall–Kier alpha value is -2.62. The standard InChI is InChI=1S/C16H12O4/c1-19-16(18)14-12-8-7-11(9-13(12)15(17)20-14)10-5-3-2-4-6-10/h2-9,14H,1H3. The monoisotopic (exact) mass is 268 g/mol. The largest absolute Gasteiger partial charge is 0.466 e. The third-order valence-corrected chi connectivity index (χ3v) is 3.30. The second-order valence-electron chi connectivity index (χ2n) is 4.48. The fourth-order valence-corrected chi connectivity index (χ4v) is 2.29. The quantitative estimate of drug-likeness (QED) is 0.786. The first kappa shape index (κ1) is 12.4. The van der Waals surface area contributed by atoms with E-state index in [1.807, 2.05) is 36.4 Å². The summed E-state index contributed by atoms with van der Waals surface area (Å²) in [7, 11) is 1.27. The zero-order chi connectivity index (χ0) is 14.1. The lowest BCUT2D eigenvalue weighted by Gasteiger charge is -2.08. The Morgan fingerprint density at radius 3 is 2.55 bits per heavy atom. The van der Waals surface area contributed by atoms with Crippen molar-refractivity contribution in [2.24, 2.45) is 0 Å². The summed E-state index contributed by atoms with van der Waals surface area (Å²) in [6, 6.07) is 15.1. The van der Waals surface area contributed by atoms with E-state index < -0.39 is 18.0 Å². The van der Waals surface area contributed by atoms with Gasteiger partial charge in [-0.2, -0.15) is 0 Å². The van der Waals surface area contributed by atoms with E-state index >= 15 is 0 Å². The first-order valence-corrected chi connectivity index (χ1v) is 6.19. The number of carbonyl (C=O) groups is 2. The van der Waals surface area contributed by atoms with Crippen molar-refractivity contribution in [2.75, 3.05) is 7.11 Å². The Labute approximate surface area is 115 Å². The molecule has 0 spiro atoms. The molecular weight excluding hydrogens is 256 g/mol. The van der Waals surface area contributed by atoms with E-state index in [1.165, 1.54) is 7.11 Å². The van der Waals surface area contributed by atoms with E-state index in [-0.39, 0.29) is 0 Å². The predicted molar refractivity (Wildman–Crippen MR) is 72.1 cm³/mol. The highest BCUT2D eigenvalue weighted by molar-refractivity contribution is 5.99. The van der Waals surface area contributed by atoms with Gasteiger partial charge in [0.05, 0.1) is 12.7 Å². The number of hydrogen-bond acceptors (Lipinski definition) is 4. The van der Waals surface area contributed by atoms with E-state index in [0.29, 0.717) is 11.1 Å². The second-order valence-corrected chi connectivity index (χ2v) is 4.48. The molecule has 0 radical (unpaired) electrons. The SMILES string of the molecule is COC(=O)C1OC(=O)c2cc(-c3ccccc3)ccc21. The highest BCUT2D eigenvalue weighted by atomic mass is 16.6. The van der Waals surface area contributed by atoms with Crippen LogP contribution >= 0.6 is 0 Å². The Morgan fingerprint density at radius 1 is 1.10 bits per heavy atom. The lowest BCUT2D eigenvalue weighted by Crippen LogP contribution is -2.13. The van der Waals surface area contributed by atoms with Crippen LogP contribution in [0, 0.1) is 0 Å². The predicted octanol–water partition coefficient (Wildman–Crippen LogP) is 2.74. The molecule has 0 saturated heterocycles. The fourth-order valence-electron chi connectivity index (χ4n) is 2.29. The van der Waals surface area contributed by atoms with Crippen molar-refractivity contribution < 1.29 is 19.1 Å². The average molecular weight is 268 g/mol. The van der Waals surface area contributed by atoms with Crippen LogP contribution in [0.2, 0.25) is 0 Å². The van der Waals surface area contributed by atoms with Crippen LogP contribution in [0.5, 0.6) is 0 Å². The van der Waals surface area contributed by atoms with E-state index in [9.17, 15) is 9.59 Å². The molecule has 1 unspecified atom stereocenters. The van der Waals surface area contributed by atoms with Gasteiger partial charge < -0.3 is 9.47 Å². The van der Waals surface area contributed by atoms with Gasteiger partial charge in [0, 0.05) is 5.56 Å². The van der Waals surface area contributed by atoms with Crippen molar-refractivity contribution in [1.29, 1.82) is 0 Å². The lowest BCUT2D eigenvalue weighted by atomic mass is 9.98. The van der Waals surface area contributed by atoms with Gasteiger partial charge in [-0.15, -0.1) is 0 Å². The number of carbonyl (C=O) groups excluding carboxylic acids is 2. The maximum Gasteiger partial charge on any atom is 0.352 e. The van der Waals surface area contributed by atoms with Crippen molar-refractivity contribution in [3.63, 3.8) is 0 Å². The molecule has 0 N–H and O–H groups in total. The van der Waals surface area contributed by atoms with Crippen molar-refractivity contribution in [3.05, 3.63) is 59.7 Å². The molecule has 0 aromatic heterocycles. The number of cyclic esters (lactones) is 1. The number of ether oxygens (including phenoxy) is 2. The van der Waals surface area contributed by atoms with Gasteiger partial charge in [0.15, 0.2) is 0 Å². The fraction of sp³-hybridized carbons (Fsp3) is 0.125. The minimum atomic E-state index is -0.952. The highest BCUT2D eigenvalue weighted by Gasteiger charge is 2.37. The molecule has 2 aromatic carbocycles. The summed E-state index contributed by atoms with van der Waals surface area (Å²) >= 11 is 0. The summed E-state index contributed by atoms with van der Waals surface area (Å²) in [6.45, 7) is 0. The van der Waals surface area contributed by atoms with Crippen LogP contribution in [0.1, 0.15) is 22.0 Å². The average Bonchev–Trinajstić information content (AvgIpc) is 2.84. The maximum atomic E-state index is 11.8. The molecule has 1 atom stereocenters. The van der Waals surface area contributed by atoms with Gasteiger partial charge in [-0.05, 0) is 17.2 Å². The summed E-state index contributed by atoms with van der Waals surface area (Å²) < 4.78 is 9.70. The van der Waals surface area contributed by atoms with Crippen molar-refractivity contribution in [1.82, 2.24) is 0 Å². The third kappa shape index (κ3) is 1.95. The Kier molecular flexibility index (Phi) is 2.99. The van der Waals surface area contributed by atoms with Crippen LogP contribution in [0.3, 0.4) is 0 Å². The normalized spacial score (nSPS) is 16.4. The van der Waals surface area contributed by atoms with Crippen LogP contribution in [0.4, 0.5) is 0 Å². The van der Waals surface area contributed by atoms with Crippen LogP contribution in [-0.2, 0) is 14.3 Å². The zero-order valence-electron chi connectivity index (χ0n) is 10.8. The summed E-state index contributed by atoms with van der Waals surface area (Å²) in [5.41, 5.74) is 2.89. The first-order chi connectivity index (χ1) is 9.70. The van der Waals surface area contributed by atoms with Crippen LogP contribution in [0.15, 0.2) is 48.5 Å². The van der Waals surface area contributed by atoms with Gasteiger partial charge in [0.25, 0.3) is 0 Å². The second kappa shape index (κ2) is 4.81. The summed E-state index contributed by atoms with van der Waals surface area (Å²) in [4.78, 5) is 23.4. The molecule has 3 rings (SSSR count). The van der Waals surface area contributed by atoms with Crippen LogP contribution < -0.4 is 0 Å². The number of fused-ring (bicyclic) bond motifs is 1.